The van der Waals surface area contributed by atoms with E-state index in [4.69, 9.17) is 4.74 Å². The number of amides is 2. The van der Waals surface area contributed by atoms with Crippen LogP contribution in [0.15, 0.2) is 16.8 Å². The van der Waals surface area contributed by atoms with E-state index in [2.05, 4.69) is 22.1 Å². The first kappa shape index (κ1) is 17.9. The lowest BCUT2D eigenvalue weighted by Gasteiger charge is -2.39. The number of carbonyl (C=O) groups is 2. The van der Waals surface area contributed by atoms with Crippen molar-refractivity contribution in [2.45, 2.75) is 51.1 Å². The second kappa shape index (κ2) is 9.03. The molecular formula is C17H26N2O3S. The molecule has 2 unspecified atom stereocenters. The quantitative estimate of drug-likeness (QED) is 0.829. The van der Waals surface area contributed by atoms with E-state index in [0.29, 0.717) is 6.42 Å². The summed E-state index contributed by atoms with van der Waals surface area (Å²) in [5.41, 5.74) is 1.30. The molecular weight excluding hydrogens is 312 g/mol. The van der Waals surface area contributed by atoms with Gasteiger partial charge in [-0.05, 0) is 55.0 Å². The van der Waals surface area contributed by atoms with Gasteiger partial charge in [-0.2, -0.15) is 11.3 Å². The standard InChI is InChI=1S/C17H26N2O3S/c1-13-15(18-16(20)11-22-2)6-4-9-19(13)17(21)7-3-5-14-8-10-23-12-14/h8,10,12-13,15H,3-7,9,11H2,1-2H3,(H,18,20). The van der Waals surface area contributed by atoms with E-state index in [1.807, 2.05) is 11.8 Å². The van der Waals surface area contributed by atoms with E-state index in [-0.39, 0.29) is 30.5 Å². The van der Waals surface area contributed by atoms with Crippen LogP contribution >= 0.6 is 11.3 Å². The highest BCUT2D eigenvalue weighted by Crippen LogP contribution is 2.19. The van der Waals surface area contributed by atoms with Crippen molar-refractivity contribution in [3.05, 3.63) is 22.4 Å². The minimum atomic E-state index is -0.115. The van der Waals surface area contributed by atoms with Crippen LogP contribution in [-0.2, 0) is 20.7 Å². The minimum absolute atomic E-state index is 0.0206. The van der Waals surface area contributed by atoms with Gasteiger partial charge in [0, 0.05) is 32.2 Å². The molecule has 0 saturated carbocycles. The smallest absolute Gasteiger partial charge is 0.246 e. The highest BCUT2D eigenvalue weighted by atomic mass is 32.1. The molecule has 1 aromatic rings. The summed E-state index contributed by atoms with van der Waals surface area (Å²) in [4.78, 5) is 26.1. The molecule has 2 amide bonds. The zero-order chi connectivity index (χ0) is 16.7. The Bertz CT molecular complexity index is 504. The van der Waals surface area contributed by atoms with Crippen LogP contribution in [0.5, 0.6) is 0 Å². The van der Waals surface area contributed by atoms with Gasteiger partial charge in [-0.3, -0.25) is 9.59 Å². The fourth-order valence-corrected chi connectivity index (χ4v) is 3.79. The Kier molecular flexibility index (Phi) is 7.05. The molecule has 1 aliphatic heterocycles. The molecule has 6 heteroatoms. The summed E-state index contributed by atoms with van der Waals surface area (Å²) in [7, 11) is 1.51. The van der Waals surface area contributed by atoms with Crippen LogP contribution in [0.25, 0.3) is 0 Å². The third kappa shape index (κ3) is 5.32. The fourth-order valence-electron chi connectivity index (χ4n) is 3.09. The largest absolute Gasteiger partial charge is 0.375 e. The molecule has 1 fully saturated rings. The Morgan fingerprint density at radius 2 is 2.30 bits per heavy atom. The number of likely N-dealkylation sites (tertiary alicyclic amines) is 1. The average Bonchev–Trinajstić information content (AvgIpc) is 3.03. The van der Waals surface area contributed by atoms with Crippen LogP contribution in [-0.4, -0.2) is 49.1 Å². The molecule has 1 saturated heterocycles. The first-order valence-electron chi connectivity index (χ1n) is 8.20. The zero-order valence-electron chi connectivity index (χ0n) is 13.9. The van der Waals surface area contributed by atoms with E-state index in [1.54, 1.807) is 11.3 Å². The highest BCUT2D eigenvalue weighted by Gasteiger charge is 2.31. The Hall–Kier alpha value is -1.40. The number of methoxy groups -OCH3 is 1. The van der Waals surface area contributed by atoms with Crippen LogP contribution in [0, 0.1) is 0 Å². The first-order chi connectivity index (χ1) is 11.1. The van der Waals surface area contributed by atoms with Crippen LogP contribution in [0.1, 0.15) is 38.2 Å². The maximum atomic E-state index is 12.5. The fraction of sp³-hybridized carbons (Fsp3) is 0.647. The lowest BCUT2D eigenvalue weighted by molar-refractivity contribution is -0.137. The molecule has 0 radical (unpaired) electrons. The topological polar surface area (TPSA) is 58.6 Å². The maximum absolute atomic E-state index is 12.5. The maximum Gasteiger partial charge on any atom is 0.246 e. The SMILES string of the molecule is COCC(=O)NC1CCCN(C(=O)CCCc2ccsc2)C1C. The van der Waals surface area contributed by atoms with Crippen molar-refractivity contribution < 1.29 is 14.3 Å². The molecule has 0 spiro atoms. The number of hydrogen-bond acceptors (Lipinski definition) is 4. The van der Waals surface area contributed by atoms with E-state index in [9.17, 15) is 9.59 Å². The number of nitrogens with zero attached hydrogens (tertiary/aromatic N) is 1. The molecule has 2 atom stereocenters. The van der Waals surface area contributed by atoms with Crippen molar-refractivity contribution in [3.63, 3.8) is 0 Å². The molecule has 1 aromatic heterocycles. The first-order valence-corrected chi connectivity index (χ1v) is 9.15. The van der Waals surface area contributed by atoms with Gasteiger partial charge in [-0.1, -0.05) is 0 Å². The molecule has 0 bridgehead atoms. The van der Waals surface area contributed by atoms with Crippen molar-refractivity contribution in [2.24, 2.45) is 0 Å². The third-order valence-corrected chi connectivity index (χ3v) is 5.10. The summed E-state index contributed by atoms with van der Waals surface area (Å²) in [6, 6.07) is 2.17. The lowest BCUT2D eigenvalue weighted by Crippen LogP contribution is -2.56. The Balaban J connectivity index is 1.80. The summed E-state index contributed by atoms with van der Waals surface area (Å²) < 4.78 is 4.85. The number of ether oxygens (including phenoxy) is 1. The van der Waals surface area contributed by atoms with Gasteiger partial charge in [-0.15, -0.1) is 0 Å². The predicted molar refractivity (Wildman–Crippen MR) is 91.5 cm³/mol. The highest BCUT2D eigenvalue weighted by molar-refractivity contribution is 7.07. The Morgan fingerprint density at radius 3 is 3.00 bits per heavy atom. The van der Waals surface area contributed by atoms with Crippen LogP contribution in [0.2, 0.25) is 0 Å². The molecule has 0 aromatic carbocycles. The zero-order valence-corrected chi connectivity index (χ0v) is 14.7. The summed E-state index contributed by atoms with van der Waals surface area (Å²) in [6.45, 7) is 2.88. The number of hydrogen-bond donors (Lipinski definition) is 1. The van der Waals surface area contributed by atoms with Gasteiger partial charge in [0.1, 0.15) is 6.61 Å². The minimum Gasteiger partial charge on any atom is -0.375 e. The van der Waals surface area contributed by atoms with Crippen molar-refractivity contribution >= 4 is 23.2 Å². The van der Waals surface area contributed by atoms with Gasteiger partial charge in [0.25, 0.3) is 0 Å². The van der Waals surface area contributed by atoms with Gasteiger partial charge >= 0.3 is 0 Å². The molecule has 23 heavy (non-hydrogen) atoms. The Morgan fingerprint density at radius 1 is 1.48 bits per heavy atom. The lowest BCUT2D eigenvalue weighted by atomic mass is 9.96. The monoisotopic (exact) mass is 338 g/mol. The van der Waals surface area contributed by atoms with Crippen LogP contribution in [0.3, 0.4) is 0 Å². The summed E-state index contributed by atoms with van der Waals surface area (Å²) >= 11 is 1.69. The number of aryl methyl sites for hydroxylation is 1. The van der Waals surface area contributed by atoms with Crippen LogP contribution < -0.4 is 5.32 Å². The van der Waals surface area contributed by atoms with Crippen LogP contribution in [0.4, 0.5) is 0 Å². The van der Waals surface area contributed by atoms with Crippen molar-refractivity contribution in [1.29, 1.82) is 0 Å². The normalized spacial score (nSPS) is 21.2. The van der Waals surface area contributed by atoms with Gasteiger partial charge in [0.15, 0.2) is 0 Å². The molecule has 0 aliphatic carbocycles. The summed E-state index contributed by atoms with van der Waals surface area (Å²) in [5.74, 6) is 0.0783. The van der Waals surface area contributed by atoms with Crippen molar-refractivity contribution in [2.75, 3.05) is 20.3 Å². The molecule has 2 rings (SSSR count). The number of nitrogens with one attached hydrogen (secondary N) is 1. The number of piperidine rings is 1. The van der Waals surface area contributed by atoms with Crippen molar-refractivity contribution in [3.8, 4) is 0 Å². The van der Waals surface area contributed by atoms with Gasteiger partial charge < -0.3 is 15.0 Å². The van der Waals surface area contributed by atoms with E-state index >= 15 is 0 Å². The van der Waals surface area contributed by atoms with E-state index in [0.717, 1.165) is 32.2 Å². The molecule has 5 nitrogen and oxygen atoms in total. The molecule has 1 N–H and O–H groups in total. The predicted octanol–water partition coefficient (Wildman–Crippen LogP) is 2.21. The van der Waals surface area contributed by atoms with E-state index < -0.39 is 0 Å². The average molecular weight is 338 g/mol. The number of thiophene rings is 1. The molecule has 1 aliphatic rings. The van der Waals surface area contributed by atoms with Gasteiger partial charge in [-0.25, -0.2) is 0 Å². The van der Waals surface area contributed by atoms with E-state index in [1.165, 1.54) is 12.7 Å². The summed E-state index contributed by atoms with van der Waals surface area (Å²) in [5, 5.41) is 7.18. The molecule has 2 heterocycles. The second-order valence-electron chi connectivity index (χ2n) is 6.06. The summed E-state index contributed by atoms with van der Waals surface area (Å²) in [6.07, 6.45) is 4.23. The molecule has 128 valence electrons. The number of rotatable bonds is 7. The van der Waals surface area contributed by atoms with Gasteiger partial charge in [0.2, 0.25) is 11.8 Å². The van der Waals surface area contributed by atoms with Crippen molar-refractivity contribution in [1.82, 2.24) is 10.2 Å². The van der Waals surface area contributed by atoms with Gasteiger partial charge in [0.05, 0.1) is 0 Å². The number of carbonyl (C=O) groups excluding carboxylic acids is 2. The Labute approximate surface area is 142 Å². The second-order valence-corrected chi connectivity index (χ2v) is 6.84. The third-order valence-electron chi connectivity index (χ3n) is 4.37.